The molecule has 0 atom stereocenters. The first-order valence-electron chi connectivity index (χ1n) is 10.5. The lowest BCUT2D eigenvalue weighted by Gasteiger charge is -2.10. The van der Waals surface area contributed by atoms with Gasteiger partial charge in [0.1, 0.15) is 0 Å². The molecule has 3 amide bonds. The average Bonchev–Trinajstić information content (AvgIpc) is 3.48. The number of anilines is 2. The second-order valence-electron chi connectivity index (χ2n) is 7.52. The van der Waals surface area contributed by atoms with Crippen LogP contribution in [0.1, 0.15) is 31.7 Å². The lowest BCUT2D eigenvalue weighted by atomic mass is 10.1. The summed E-state index contributed by atoms with van der Waals surface area (Å²) in [6, 6.07) is 17.1. The third-order valence-electron chi connectivity index (χ3n) is 5.01. The monoisotopic (exact) mass is 461 g/mol. The smallest absolute Gasteiger partial charge is 0.243 e. The van der Waals surface area contributed by atoms with E-state index >= 15 is 0 Å². The summed E-state index contributed by atoms with van der Waals surface area (Å²) in [5.41, 5.74) is 4.19. The summed E-state index contributed by atoms with van der Waals surface area (Å²) in [5.74, 6) is -0.569. The fourth-order valence-corrected chi connectivity index (χ4v) is 4.13. The van der Waals surface area contributed by atoms with Crippen molar-refractivity contribution in [2.24, 2.45) is 5.10 Å². The molecule has 1 aliphatic heterocycles. The zero-order valence-corrected chi connectivity index (χ0v) is 18.9. The van der Waals surface area contributed by atoms with Crippen molar-refractivity contribution >= 4 is 45.6 Å². The lowest BCUT2D eigenvalue weighted by Crippen LogP contribution is -2.24. The number of carbonyl (C=O) groups excluding carboxylic acids is 3. The Morgan fingerprint density at radius 3 is 2.45 bits per heavy atom. The molecule has 0 fully saturated rings. The largest absolute Gasteiger partial charge is 0.326 e. The first-order chi connectivity index (χ1) is 16.0. The van der Waals surface area contributed by atoms with Crippen LogP contribution in [0.15, 0.2) is 65.1 Å². The highest BCUT2D eigenvalue weighted by Gasteiger charge is 2.22. The molecule has 4 rings (SSSR count). The van der Waals surface area contributed by atoms with Gasteiger partial charge < -0.3 is 10.6 Å². The van der Waals surface area contributed by atoms with Crippen molar-refractivity contribution in [3.8, 4) is 11.3 Å². The summed E-state index contributed by atoms with van der Waals surface area (Å²) in [6.07, 6.45) is 0.849. The van der Waals surface area contributed by atoms with Crippen LogP contribution in [0.5, 0.6) is 0 Å². The molecule has 2 N–H and O–H groups in total. The van der Waals surface area contributed by atoms with Crippen molar-refractivity contribution in [3.63, 3.8) is 0 Å². The molecule has 9 heteroatoms. The van der Waals surface area contributed by atoms with Crippen LogP contribution in [0.25, 0.3) is 11.3 Å². The Bertz CT molecular complexity index is 1190. The van der Waals surface area contributed by atoms with E-state index in [0.717, 1.165) is 22.5 Å². The fourth-order valence-electron chi connectivity index (χ4n) is 3.39. The van der Waals surface area contributed by atoms with E-state index in [-0.39, 0.29) is 30.6 Å². The number of thiazole rings is 1. The summed E-state index contributed by atoms with van der Waals surface area (Å²) in [6.45, 7) is 1.98. The van der Waals surface area contributed by atoms with Crippen LogP contribution in [0, 0.1) is 0 Å². The van der Waals surface area contributed by atoms with Crippen molar-refractivity contribution in [2.75, 3.05) is 17.2 Å². The molecule has 0 aliphatic carbocycles. The Labute approximate surface area is 195 Å². The minimum atomic E-state index is -0.267. The number of amides is 3. The van der Waals surface area contributed by atoms with E-state index in [2.05, 4.69) is 20.7 Å². The van der Waals surface area contributed by atoms with Crippen molar-refractivity contribution in [1.29, 1.82) is 0 Å². The van der Waals surface area contributed by atoms with Crippen LogP contribution < -0.4 is 10.6 Å². The third kappa shape index (κ3) is 5.89. The Hall–Kier alpha value is -3.85. The highest BCUT2D eigenvalue weighted by molar-refractivity contribution is 7.14. The molecule has 0 unspecified atom stereocenters. The maximum atomic E-state index is 12.5. The predicted molar refractivity (Wildman–Crippen MR) is 129 cm³/mol. The van der Waals surface area contributed by atoms with E-state index < -0.39 is 0 Å². The van der Waals surface area contributed by atoms with Gasteiger partial charge in [-0.3, -0.25) is 14.4 Å². The van der Waals surface area contributed by atoms with Gasteiger partial charge in [-0.2, -0.15) is 5.10 Å². The number of hydrogen-bond donors (Lipinski definition) is 2. The molecule has 3 aromatic rings. The molecule has 1 aromatic heterocycles. The standard InChI is InChI=1S/C24H23N5O3S/c1-16(30)25-19-9-7-18(8-10-19)21-15-33-24(26-21)27-22(31)11-12-23(32)29-14-13-20(28-29)17-5-3-2-4-6-17/h2-10,15H,11-14H2,1H3,(H,25,30)(H,26,27,31). The number of nitrogens with zero attached hydrogens (tertiary/aromatic N) is 3. The van der Waals surface area contributed by atoms with Crippen molar-refractivity contribution in [2.45, 2.75) is 26.2 Å². The fraction of sp³-hybridized carbons (Fsp3) is 0.208. The molecule has 0 spiro atoms. The molecule has 168 valence electrons. The molecular weight excluding hydrogens is 438 g/mol. The van der Waals surface area contributed by atoms with Gasteiger partial charge in [-0.15, -0.1) is 11.3 Å². The molecular formula is C24H23N5O3S. The van der Waals surface area contributed by atoms with Crippen LogP contribution in [-0.2, 0) is 14.4 Å². The van der Waals surface area contributed by atoms with Gasteiger partial charge in [-0.25, -0.2) is 9.99 Å². The number of rotatable bonds is 7. The maximum absolute atomic E-state index is 12.5. The second kappa shape index (κ2) is 10.2. The van der Waals surface area contributed by atoms with Gasteiger partial charge in [-0.05, 0) is 17.7 Å². The minimum absolute atomic E-state index is 0.0614. The SMILES string of the molecule is CC(=O)Nc1ccc(-c2csc(NC(=O)CCC(=O)N3CCC(c4ccccc4)=N3)n2)cc1. The first-order valence-corrected chi connectivity index (χ1v) is 11.4. The quantitative estimate of drug-likeness (QED) is 0.552. The van der Waals surface area contributed by atoms with Gasteiger partial charge in [0, 0.05) is 42.8 Å². The summed E-state index contributed by atoms with van der Waals surface area (Å²) < 4.78 is 0. The Morgan fingerprint density at radius 1 is 0.970 bits per heavy atom. The van der Waals surface area contributed by atoms with Crippen molar-refractivity contribution in [3.05, 3.63) is 65.5 Å². The predicted octanol–water partition coefficient (Wildman–Crippen LogP) is 4.12. The van der Waals surface area contributed by atoms with E-state index in [0.29, 0.717) is 23.8 Å². The van der Waals surface area contributed by atoms with Gasteiger partial charge in [0.25, 0.3) is 0 Å². The summed E-state index contributed by atoms with van der Waals surface area (Å²) in [4.78, 5) is 40.3. The highest BCUT2D eigenvalue weighted by Crippen LogP contribution is 2.26. The zero-order chi connectivity index (χ0) is 23.2. The van der Waals surface area contributed by atoms with Gasteiger partial charge in [0.05, 0.1) is 18.0 Å². The van der Waals surface area contributed by atoms with Crippen LogP contribution in [0.4, 0.5) is 10.8 Å². The number of carbonyl (C=O) groups is 3. The van der Waals surface area contributed by atoms with Crippen LogP contribution in [-0.4, -0.2) is 40.0 Å². The van der Waals surface area contributed by atoms with Crippen LogP contribution in [0.3, 0.4) is 0 Å². The minimum Gasteiger partial charge on any atom is -0.326 e. The molecule has 1 aliphatic rings. The highest BCUT2D eigenvalue weighted by atomic mass is 32.1. The molecule has 2 heterocycles. The topological polar surface area (TPSA) is 104 Å². The van der Waals surface area contributed by atoms with E-state index in [9.17, 15) is 14.4 Å². The van der Waals surface area contributed by atoms with E-state index in [1.807, 2.05) is 47.8 Å². The lowest BCUT2D eigenvalue weighted by molar-refractivity contribution is -0.132. The normalized spacial score (nSPS) is 12.9. The van der Waals surface area contributed by atoms with Gasteiger partial charge in [0.2, 0.25) is 17.7 Å². The number of aromatic nitrogens is 1. The number of hydrogen-bond acceptors (Lipinski definition) is 6. The molecule has 0 saturated carbocycles. The van der Waals surface area contributed by atoms with Gasteiger partial charge in [-0.1, -0.05) is 42.5 Å². The zero-order valence-electron chi connectivity index (χ0n) is 18.1. The molecule has 8 nitrogen and oxygen atoms in total. The first kappa shape index (κ1) is 22.3. The average molecular weight is 462 g/mol. The third-order valence-corrected chi connectivity index (χ3v) is 5.77. The number of nitrogens with one attached hydrogen (secondary N) is 2. The summed E-state index contributed by atoms with van der Waals surface area (Å²) in [5, 5.41) is 13.6. The van der Waals surface area contributed by atoms with Crippen LogP contribution in [0.2, 0.25) is 0 Å². The van der Waals surface area contributed by atoms with E-state index in [1.54, 1.807) is 12.1 Å². The van der Waals surface area contributed by atoms with Gasteiger partial charge >= 0.3 is 0 Å². The molecule has 2 aromatic carbocycles. The molecule has 0 saturated heterocycles. The summed E-state index contributed by atoms with van der Waals surface area (Å²) in [7, 11) is 0. The van der Waals surface area contributed by atoms with Crippen molar-refractivity contribution < 1.29 is 14.4 Å². The maximum Gasteiger partial charge on any atom is 0.243 e. The number of benzene rings is 2. The Morgan fingerprint density at radius 2 is 1.73 bits per heavy atom. The molecule has 33 heavy (non-hydrogen) atoms. The number of hydrazone groups is 1. The Balaban J connectivity index is 1.27. The molecule has 0 radical (unpaired) electrons. The second-order valence-corrected chi connectivity index (χ2v) is 8.38. The van der Waals surface area contributed by atoms with E-state index in [4.69, 9.17) is 0 Å². The van der Waals surface area contributed by atoms with Crippen molar-refractivity contribution in [1.82, 2.24) is 9.99 Å². The molecule has 0 bridgehead atoms. The van der Waals surface area contributed by atoms with E-state index in [1.165, 1.54) is 23.3 Å². The van der Waals surface area contributed by atoms with Crippen LogP contribution >= 0.6 is 11.3 Å². The Kier molecular flexibility index (Phi) is 6.89. The van der Waals surface area contributed by atoms with Gasteiger partial charge in [0.15, 0.2) is 5.13 Å². The summed E-state index contributed by atoms with van der Waals surface area (Å²) >= 11 is 1.32.